The fraction of sp³-hybridized carbons (Fsp3) is 0.0952. The van der Waals surface area contributed by atoms with Crippen molar-refractivity contribution in [2.24, 2.45) is 5.73 Å². The Morgan fingerprint density at radius 3 is 2.44 bits per heavy atom. The Bertz CT molecular complexity index is 1180. The quantitative estimate of drug-likeness (QED) is 0.544. The van der Waals surface area contributed by atoms with Gasteiger partial charge in [-0.05, 0) is 36.4 Å². The Morgan fingerprint density at radius 1 is 1.03 bits per heavy atom. The molecule has 2 amide bonds. The maximum absolute atomic E-state index is 13.7. The first-order valence-corrected chi connectivity index (χ1v) is 8.89. The minimum Gasteiger partial charge on any atom is -0.493 e. The molecule has 7 nitrogen and oxygen atoms in total. The SMILES string of the molecule is COc1cc(F)ccc1Oc1cccc(C(F)(F)F)c1C(=O)Nc1ccnc(C(N)=O)c1. The summed E-state index contributed by atoms with van der Waals surface area (Å²) in [6.07, 6.45) is -3.73. The Morgan fingerprint density at radius 2 is 1.78 bits per heavy atom. The van der Waals surface area contributed by atoms with Crippen LogP contribution in [0.15, 0.2) is 54.7 Å². The summed E-state index contributed by atoms with van der Waals surface area (Å²) in [5.41, 5.74) is 2.83. The molecule has 0 aliphatic heterocycles. The van der Waals surface area contributed by atoms with Gasteiger partial charge < -0.3 is 20.5 Å². The van der Waals surface area contributed by atoms with Crippen LogP contribution >= 0.6 is 0 Å². The molecule has 0 spiro atoms. The van der Waals surface area contributed by atoms with Crippen molar-refractivity contribution in [2.45, 2.75) is 6.18 Å². The van der Waals surface area contributed by atoms with Gasteiger partial charge >= 0.3 is 6.18 Å². The molecule has 11 heteroatoms. The molecule has 1 heterocycles. The molecule has 32 heavy (non-hydrogen) atoms. The first-order valence-electron chi connectivity index (χ1n) is 8.89. The number of halogens is 4. The third-order valence-corrected chi connectivity index (χ3v) is 4.17. The van der Waals surface area contributed by atoms with Gasteiger partial charge in [-0.15, -0.1) is 0 Å². The first kappa shape index (κ1) is 22.5. The van der Waals surface area contributed by atoms with E-state index in [1.165, 1.54) is 13.2 Å². The van der Waals surface area contributed by atoms with Crippen molar-refractivity contribution in [2.75, 3.05) is 12.4 Å². The van der Waals surface area contributed by atoms with Crippen LogP contribution in [0.2, 0.25) is 0 Å². The molecule has 0 saturated carbocycles. The van der Waals surface area contributed by atoms with Gasteiger partial charge in [0.05, 0.1) is 18.2 Å². The van der Waals surface area contributed by atoms with Crippen molar-refractivity contribution in [3.05, 3.63) is 77.4 Å². The van der Waals surface area contributed by atoms with Crippen LogP contribution in [0.4, 0.5) is 23.2 Å². The lowest BCUT2D eigenvalue weighted by Gasteiger charge is -2.18. The highest BCUT2D eigenvalue weighted by Crippen LogP contribution is 2.40. The van der Waals surface area contributed by atoms with E-state index >= 15 is 0 Å². The van der Waals surface area contributed by atoms with Crippen LogP contribution in [-0.2, 0) is 6.18 Å². The van der Waals surface area contributed by atoms with Gasteiger partial charge in [0.15, 0.2) is 11.5 Å². The van der Waals surface area contributed by atoms with E-state index in [4.69, 9.17) is 15.2 Å². The molecule has 0 aliphatic carbocycles. The third kappa shape index (κ3) is 4.94. The molecule has 0 saturated heterocycles. The van der Waals surface area contributed by atoms with Gasteiger partial charge in [-0.3, -0.25) is 14.6 Å². The molecule has 1 aromatic heterocycles. The molecule has 0 aliphatic rings. The normalized spacial score (nSPS) is 11.0. The number of nitrogens with one attached hydrogen (secondary N) is 1. The van der Waals surface area contributed by atoms with Gasteiger partial charge in [0.2, 0.25) is 0 Å². The number of benzene rings is 2. The van der Waals surface area contributed by atoms with Crippen LogP contribution in [0.1, 0.15) is 26.4 Å². The summed E-state index contributed by atoms with van der Waals surface area (Å²) >= 11 is 0. The number of ether oxygens (including phenoxy) is 2. The summed E-state index contributed by atoms with van der Waals surface area (Å²) in [6.45, 7) is 0. The van der Waals surface area contributed by atoms with Crippen LogP contribution in [0.25, 0.3) is 0 Å². The van der Waals surface area contributed by atoms with Crippen LogP contribution < -0.4 is 20.5 Å². The number of carbonyl (C=O) groups excluding carboxylic acids is 2. The lowest BCUT2D eigenvalue weighted by molar-refractivity contribution is -0.138. The number of methoxy groups -OCH3 is 1. The summed E-state index contributed by atoms with van der Waals surface area (Å²) in [5, 5.41) is 2.27. The molecule has 0 fully saturated rings. The largest absolute Gasteiger partial charge is 0.493 e. The number of alkyl halides is 3. The van der Waals surface area contributed by atoms with Crippen molar-refractivity contribution in [1.29, 1.82) is 0 Å². The predicted molar refractivity (Wildman–Crippen MR) is 105 cm³/mol. The fourth-order valence-electron chi connectivity index (χ4n) is 2.77. The van der Waals surface area contributed by atoms with Gasteiger partial charge in [0.25, 0.3) is 11.8 Å². The van der Waals surface area contributed by atoms with E-state index in [0.717, 1.165) is 42.6 Å². The standard InChI is InChI=1S/C21H15F4N3O4/c1-31-17-9-11(22)5-6-15(17)32-16-4-2-3-13(21(23,24)25)18(16)20(30)28-12-7-8-27-14(10-12)19(26)29/h2-10H,1H3,(H2,26,29)(H,27,28,30). The lowest BCUT2D eigenvalue weighted by atomic mass is 10.0. The van der Waals surface area contributed by atoms with Gasteiger partial charge in [0, 0.05) is 18.0 Å². The first-order chi connectivity index (χ1) is 15.1. The molecular formula is C21H15F4N3O4. The van der Waals surface area contributed by atoms with E-state index in [1.54, 1.807) is 0 Å². The highest BCUT2D eigenvalue weighted by atomic mass is 19.4. The molecule has 2 aromatic carbocycles. The number of anilines is 1. The number of nitrogens with two attached hydrogens (primary N) is 1. The van der Waals surface area contributed by atoms with Crippen molar-refractivity contribution in [3.63, 3.8) is 0 Å². The molecular weight excluding hydrogens is 434 g/mol. The smallest absolute Gasteiger partial charge is 0.417 e. The second-order valence-corrected chi connectivity index (χ2v) is 6.32. The van der Waals surface area contributed by atoms with Crippen molar-refractivity contribution in [1.82, 2.24) is 4.98 Å². The molecule has 3 rings (SSSR count). The zero-order valence-corrected chi connectivity index (χ0v) is 16.4. The monoisotopic (exact) mass is 449 g/mol. The minimum absolute atomic E-state index is 0.0129. The topological polar surface area (TPSA) is 104 Å². The van der Waals surface area contributed by atoms with Gasteiger partial charge in [0.1, 0.15) is 17.3 Å². The molecule has 0 bridgehead atoms. The maximum atomic E-state index is 13.7. The molecule has 3 aromatic rings. The summed E-state index contributed by atoms with van der Waals surface area (Å²) < 4.78 is 64.9. The van der Waals surface area contributed by atoms with Crippen LogP contribution in [0, 0.1) is 5.82 Å². The van der Waals surface area contributed by atoms with E-state index in [1.807, 2.05) is 0 Å². The third-order valence-electron chi connectivity index (χ3n) is 4.17. The van der Waals surface area contributed by atoms with Gasteiger partial charge in [-0.2, -0.15) is 13.2 Å². The number of nitrogens with zero attached hydrogens (tertiary/aromatic N) is 1. The van der Waals surface area contributed by atoms with E-state index in [-0.39, 0.29) is 22.9 Å². The van der Waals surface area contributed by atoms with Gasteiger partial charge in [-0.1, -0.05) is 6.07 Å². The van der Waals surface area contributed by atoms with E-state index in [2.05, 4.69) is 10.3 Å². The predicted octanol–water partition coefficient (Wildman–Crippen LogP) is 4.39. The fourth-order valence-corrected chi connectivity index (χ4v) is 2.77. The number of pyridine rings is 1. The Balaban J connectivity index is 2.06. The average Bonchev–Trinajstić information content (AvgIpc) is 2.74. The molecule has 166 valence electrons. The number of rotatable bonds is 6. The Kier molecular flexibility index (Phi) is 6.28. The molecule has 3 N–H and O–H groups in total. The maximum Gasteiger partial charge on any atom is 0.417 e. The number of aromatic nitrogens is 1. The van der Waals surface area contributed by atoms with Crippen LogP contribution in [-0.4, -0.2) is 23.9 Å². The number of primary amides is 1. The zero-order chi connectivity index (χ0) is 23.5. The second-order valence-electron chi connectivity index (χ2n) is 6.32. The molecule has 0 radical (unpaired) electrons. The van der Waals surface area contributed by atoms with Crippen molar-refractivity contribution >= 4 is 17.5 Å². The summed E-state index contributed by atoms with van der Waals surface area (Å²) in [4.78, 5) is 27.8. The minimum atomic E-state index is -4.89. The molecule has 0 atom stereocenters. The van der Waals surface area contributed by atoms with E-state index in [9.17, 15) is 27.2 Å². The summed E-state index contributed by atoms with van der Waals surface area (Å²) in [7, 11) is 1.22. The lowest BCUT2D eigenvalue weighted by Crippen LogP contribution is -2.20. The number of hydrogen-bond donors (Lipinski definition) is 2. The van der Waals surface area contributed by atoms with Crippen LogP contribution in [0.5, 0.6) is 17.2 Å². The van der Waals surface area contributed by atoms with E-state index < -0.39 is 40.7 Å². The van der Waals surface area contributed by atoms with Crippen molar-refractivity contribution in [3.8, 4) is 17.2 Å². The summed E-state index contributed by atoms with van der Waals surface area (Å²) in [6, 6.07) is 8.45. The number of carbonyl (C=O) groups is 2. The molecule has 0 unspecified atom stereocenters. The Hall–Kier alpha value is -4.15. The number of amides is 2. The van der Waals surface area contributed by atoms with Crippen LogP contribution in [0.3, 0.4) is 0 Å². The highest BCUT2D eigenvalue weighted by Gasteiger charge is 2.37. The highest BCUT2D eigenvalue weighted by molar-refractivity contribution is 6.08. The average molecular weight is 449 g/mol. The van der Waals surface area contributed by atoms with Gasteiger partial charge in [-0.25, -0.2) is 4.39 Å². The second kappa shape index (κ2) is 8.92. The number of hydrogen-bond acceptors (Lipinski definition) is 5. The Labute approximate surface area is 178 Å². The van der Waals surface area contributed by atoms with E-state index in [0.29, 0.717) is 6.07 Å². The zero-order valence-electron chi connectivity index (χ0n) is 16.4. The van der Waals surface area contributed by atoms with Crippen molar-refractivity contribution < 1.29 is 36.6 Å². The summed E-state index contributed by atoms with van der Waals surface area (Å²) in [5.74, 6) is -3.36.